The Morgan fingerprint density at radius 3 is 2.47 bits per heavy atom. The van der Waals surface area contributed by atoms with Crippen molar-refractivity contribution in [2.75, 3.05) is 85.8 Å². The third kappa shape index (κ3) is 8.42. The summed E-state index contributed by atoms with van der Waals surface area (Å²) in [4.78, 5) is 51.7. The second-order valence-corrected chi connectivity index (χ2v) is 23.5. The molecule has 1 saturated carbocycles. The number of fused-ring (bicyclic) bond motifs is 4. The second kappa shape index (κ2) is 19.2. The normalized spacial score (nSPS) is 23.9. The molecule has 1 aliphatic carbocycles. The number of benzene rings is 3. The highest BCUT2D eigenvalue weighted by Gasteiger charge is 2.51. The van der Waals surface area contributed by atoms with Gasteiger partial charge in [-0.3, -0.25) is 19.8 Å². The van der Waals surface area contributed by atoms with Crippen LogP contribution in [0.1, 0.15) is 72.5 Å². The van der Waals surface area contributed by atoms with Gasteiger partial charge in [0.15, 0.2) is 11.4 Å². The Morgan fingerprint density at radius 2 is 1.70 bits per heavy atom. The Hall–Kier alpha value is -7.07. The highest BCUT2D eigenvalue weighted by Crippen LogP contribution is 2.56. The lowest BCUT2D eigenvalue weighted by Crippen LogP contribution is -2.60. The molecule has 9 heterocycles. The number of anilines is 5. The van der Waals surface area contributed by atoms with Gasteiger partial charge in [0.1, 0.15) is 35.3 Å². The van der Waals surface area contributed by atoms with Gasteiger partial charge < -0.3 is 49.7 Å². The lowest BCUT2D eigenvalue weighted by atomic mass is 9.59. The average molecular weight is 1050 g/mol. The number of carbonyl (C=O) groups is 1. The summed E-state index contributed by atoms with van der Waals surface area (Å²) in [5.74, 6) is -0.400. The van der Waals surface area contributed by atoms with Gasteiger partial charge in [0.05, 0.1) is 69.6 Å². The summed E-state index contributed by atoms with van der Waals surface area (Å²) in [7, 11) is -4.79. The number of nitro groups is 1. The quantitative estimate of drug-likeness (QED) is 0.0916. The van der Waals surface area contributed by atoms with Gasteiger partial charge in [-0.25, -0.2) is 18.4 Å². The van der Waals surface area contributed by atoms with Gasteiger partial charge in [-0.1, -0.05) is 24.3 Å². The molecular weight excluding hydrogens is 991 g/mol. The third-order valence-corrected chi connectivity index (χ3v) is 19.3. The molecule has 1 amide bonds. The van der Waals surface area contributed by atoms with Crippen LogP contribution in [-0.2, 0) is 19.3 Å². The largest absolute Gasteiger partial charge is 0.489 e. The van der Waals surface area contributed by atoms with Gasteiger partial charge in [-0.2, -0.15) is 4.98 Å². The van der Waals surface area contributed by atoms with Crippen LogP contribution in [0, 0.1) is 28.4 Å². The molecule has 21 heteroatoms. The highest BCUT2D eigenvalue weighted by atomic mass is 32.2. The number of carbonyl (C=O) groups excluding carboxylic acids is 1. The molecule has 3 aromatic heterocycles. The van der Waals surface area contributed by atoms with E-state index >= 15 is 8.42 Å². The van der Waals surface area contributed by atoms with Crippen LogP contribution in [0.5, 0.6) is 11.6 Å². The molecule has 0 bridgehead atoms. The number of amides is 1. The van der Waals surface area contributed by atoms with Crippen molar-refractivity contribution in [2.24, 2.45) is 17.1 Å². The number of rotatable bonds is 10. The third-order valence-electron chi connectivity index (χ3n) is 17.5. The first-order valence-corrected chi connectivity index (χ1v) is 28.0. The highest BCUT2D eigenvalue weighted by molar-refractivity contribution is 7.91. The van der Waals surface area contributed by atoms with Crippen LogP contribution >= 0.6 is 0 Å². The minimum Gasteiger partial charge on any atom is -0.489 e. The van der Waals surface area contributed by atoms with Crippen LogP contribution in [0.25, 0.3) is 11.0 Å². The smallest absolute Gasteiger partial charge is 0.297 e. The van der Waals surface area contributed by atoms with E-state index in [0.717, 1.165) is 75.3 Å². The molecule has 7 aliphatic rings. The number of nitro benzene ring substituents is 1. The predicted octanol–water partition coefficient (Wildman–Crippen LogP) is 7.10. The maximum Gasteiger partial charge on any atom is 0.297 e. The molecule has 6 aromatic rings. The van der Waals surface area contributed by atoms with Crippen LogP contribution in [-0.4, -0.2) is 134 Å². The Balaban J connectivity index is 0.881. The minimum absolute atomic E-state index is 0.0299. The van der Waals surface area contributed by atoms with Crippen molar-refractivity contribution in [3.05, 3.63) is 112 Å². The summed E-state index contributed by atoms with van der Waals surface area (Å²) >= 11 is 0. The molecule has 5 fully saturated rings. The lowest BCUT2D eigenvalue weighted by molar-refractivity contribution is -0.384. The molecule has 3 aromatic carbocycles. The van der Waals surface area contributed by atoms with Crippen molar-refractivity contribution < 1.29 is 37.1 Å². The number of hydrogen-bond acceptors (Lipinski definition) is 17. The monoisotopic (exact) mass is 1050 g/mol. The van der Waals surface area contributed by atoms with Crippen LogP contribution in [0.15, 0.2) is 95.4 Å². The van der Waals surface area contributed by atoms with E-state index in [1.165, 1.54) is 17.2 Å². The number of nitrogens with zero attached hydrogens (tertiary/aromatic N) is 8. The Kier molecular flexibility index (Phi) is 12.3. The summed E-state index contributed by atoms with van der Waals surface area (Å²) in [5.41, 5.74) is 11.1. The number of piperazine rings is 1. The van der Waals surface area contributed by atoms with Crippen LogP contribution < -0.4 is 35.2 Å². The average Bonchev–Trinajstić information content (AvgIpc) is 4.05. The second-order valence-electron chi connectivity index (χ2n) is 21.6. The fraction of sp³-hybridized carbons (Fsp3) is 0.455. The molecule has 4 N–H and O–H groups in total. The van der Waals surface area contributed by atoms with Crippen molar-refractivity contribution in [3.8, 4) is 11.6 Å². The van der Waals surface area contributed by atoms with Gasteiger partial charge in [-0.15, -0.1) is 0 Å². The molecule has 1 spiro atoms. The molecule has 4 atom stereocenters. The molecule has 13 rings (SSSR count). The van der Waals surface area contributed by atoms with Gasteiger partial charge in [0.25, 0.3) is 11.6 Å². The molecule has 76 heavy (non-hydrogen) atoms. The summed E-state index contributed by atoms with van der Waals surface area (Å²) in [6, 6.07) is 18.0. The zero-order valence-electron chi connectivity index (χ0n) is 42.3. The summed E-state index contributed by atoms with van der Waals surface area (Å²) in [6.07, 6.45) is 12.1. The number of sulfone groups is 1. The summed E-state index contributed by atoms with van der Waals surface area (Å²) in [6.45, 7) is 7.69. The van der Waals surface area contributed by atoms with Crippen LogP contribution in [0.2, 0.25) is 0 Å². The number of piperidine rings is 1. The van der Waals surface area contributed by atoms with Crippen molar-refractivity contribution in [2.45, 2.75) is 91.9 Å². The topological polar surface area (TPSA) is 237 Å². The molecule has 6 aliphatic heterocycles. The number of hydrogen-bond donors (Lipinski definition) is 3. The number of nitrogens with two attached hydrogens (primary N) is 1. The maximum absolute atomic E-state index is 16.2. The van der Waals surface area contributed by atoms with E-state index in [9.17, 15) is 14.9 Å². The Bertz CT molecular complexity index is 3340. The number of H-pyrrole nitrogens is 1. The molecule has 0 radical (unpaired) electrons. The molecule has 4 saturated heterocycles. The fourth-order valence-electron chi connectivity index (χ4n) is 13.4. The first-order valence-electron chi connectivity index (χ1n) is 26.5. The van der Waals surface area contributed by atoms with Crippen molar-refractivity contribution in [1.82, 2.24) is 24.8 Å². The van der Waals surface area contributed by atoms with E-state index < -0.39 is 38.5 Å². The van der Waals surface area contributed by atoms with E-state index in [0.29, 0.717) is 62.4 Å². The van der Waals surface area contributed by atoms with Crippen LogP contribution in [0.4, 0.5) is 34.1 Å². The predicted molar refractivity (Wildman–Crippen MR) is 284 cm³/mol. The summed E-state index contributed by atoms with van der Waals surface area (Å²) in [5, 5.41) is 17.2. The van der Waals surface area contributed by atoms with E-state index in [-0.39, 0.29) is 75.0 Å². The number of aromatic nitrogens is 4. The number of nitrogens with one attached hydrogen (secondary N) is 2. The zero-order valence-corrected chi connectivity index (χ0v) is 43.1. The summed E-state index contributed by atoms with van der Waals surface area (Å²) < 4.78 is 56.8. The van der Waals surface area contributed by atoms with E-state index in [1.54, 1.807) is 24.7 Å². The lowest BCUT2D eigenvalue weighted by Gasteiger charge is -2.58. The SMILES string of the molecule is Cc1ccccc1[C@@H]1CN(c2cncnc2)CCN1C1CC2(CCN(c3ccc(C(N)=O)c(N4c5cc6cc[nH]c6nc5O[C@H]5COCC[C@@H]54)c3S(=O)(=O)c3cc4c(c([N+](=O)[O-])c3)N[C@H](C3CCOCC3)CO4)CC2)C1. The van der Waals surface area contributed by atoms with Gasteiger partial charge in [-0.05, 0) is 98.6 Å². The first kappa shape index (κ1) is 48.6. The van der Waals surface area contributed by atoms with Crippen molar-refractivity contribution in [1.29, 1.82) is 0 Å². The van der Waals surface area contributed by atoms with E-state index in [2.05, 4.69) is 66.2 Å². The van der Waals surface area contributed by atoms with Crippen molar-refractivity contribution >= 4 is 60.9 Å². The zero-order chi connectivity index (χ0) is 51.9. The Morgan fingerprint density at radius 1 is 0.908 bits per heavy atom. The fourth-order valence-corrected chi connectivity index (χ4v) is 15.1. The molecule has 0 unspecified atom stereocenters. The number of aromatic amines is 1. The number of ether oxygens (including phenoxy) is 4. The molecule has 20 nitrogen and oxygen atoms in total. The van der Waals surface area contributed by atoms with Crippen LogP contribution in [0.3, 0.4) is 0 Å². The van der Waals surface area contributed by atoms with Gasteiger partial charge in [0.2, 0.25) is 15.7 Å². The number of primary amides is 1. The Labute approximate surface area is 439 Å². The van der Waals surface area contributed by atoms with Crippen molar-refractivity contribution in [3.63, 3.8) is 0 Å². The molecular formula is C55H61N11O9S. The maximum atomic E-state index is 16.2. The molecule has 396 valence electrons. The number of pyridine rings is 1. The van der Waals surface area contributed by atoms with E-state index in [1.807, 2.05) is 29.4 Å². The van der Waals surface area contributed by atoms with Gasteiger partial charge >= 0.3 is 0 Å². The minimum atomic E-state index is -4.79. The standard InChI is InChI=1S/C55H61N11O9S/c1-33-4-2-3-5-39(33)46-29-63(37-27-57-32-58-28-37)17-18-64(46)36-25-55(26-36)12-15-62(16-13-55)43-7-6-40(52(56)67)50(65-42-11-21-73-31-48(42)75-54-45(65)22-35-8-14-59-53(35)61-54)51(43)76(70,71)38-23-44(66(68)69)49-47(24-38)74-30-41(60-49)34-9-19-72-20-10-34/h2-8,14,22-24,27-28,32,34,36,41-42,46,48,60H,9-13,15-21,25-26,29-31H2,1H3,(H2,56,67)(H,59,61)/t41-,42-,46-,48-/m0/s1. The number of aryl methyl sites for hydroxylation is 1. The van der Waals surface area contributed by atoms with E-state index in [4.69, 9.17) is 29.7 Å². The first-order chi connectivity index (χ1) is 36.9. The van der Waals surface area contributed by atoms with Gasteiger partial charge in [0, 0.05) is 82.3 Å².